The number of nitro groups is 1. The van der Waals surface area contributed by atoms with Crippen molar-refractivity contribution in [2.75, 3.05) is 18.7 Å². The molecule has 0 saturated heterocycles. The summed E-state index contributed by atoms with van der Waals surface area (Å²) in [6, 6.07) is 12.5. The van der Waals surface area contributed by atoms with Gasteiger partial charge in [0.15, 0.2) is 5.75 Å². The molecule has 7 heteroatoms. The molecule has 0 bridgehead atoms. The van der Waals surface area contributed by atoms with E-state index in [-0.39, 0.29) is 11.4 Å². The summed E-state index contributed by atoms with van der Waals surface area (Å²) in [6.45, 7) is 0.448. The molecule has 0 heterocycles. The number of hydrogen-bond acceptors (Lipinski definition) is 5. The van der Waals surface area contributed by atoms with Gasteiger partial charge in [-0.05, 0) is 29.3 Å². The van der Waals surface area contributed by atoms with Gasteiger partial charge in [-0.25, -0.2) is 0 Å². The zero-order valence-corrected chi connectivity index (χ0v) is 13.8. The molecule has 0 aliphatic carbocycles. The van der Waals surface area contributed by atoms with Gasteiger partial charge in [0.05, 0.1) is 12.0 Å². The predicted molar refractivity (Wildman–Crippen MR) is 91.2 cm³/mol. The molecule has 1 atom stereocenters. The minimum atomic E-state index is -0.894. The highest BCUT2D eigenvalue weighted by atomic mass is 32.2. The Hall–Kier alpha value is -2.41. The second-order valence-corrected chi connectivity index (χ2v) is 6.47. The quantitative estimate of drug-likeness (QED) is 0.621. The lowest BCUT2D eigenvalue weighted by atomic mass is 10.1. The van der Waals surface area contributed by atoms with Crippen molar-refractivity contribution in [1.29, 1.82) is 0 Å². The third-order valence-electron chi connectivity index (χ3n) is 3.23. The number of ether oxygens (including phenoxy) is 1. The number of methoxy groups -OCH3 is 1. The van der Waals surface area contributed by atoms with Gasteiger partial charge < -0.3 is 10.1 Å². The van der Waals surface area contributed by atoms with Crippen LogP contribution >= 0.6 is 0 Å². The Morgan fingerprint density at radius 2 is 2.00 bits per heavy atom. The van der Waals surface area contributed by atoms with E-state index in [1.54, 1.807) is 18.4 Å². The Morgan fingerprint density at radius 3 is 2.65 bits per heavy atom. The van der Waals surface area contributed by atoms with Crippen LogP contribution < -0.4 is 10.1 Å². The number of hydrogen-bond donors (Lipinski definition) is 1. The molecule has 2 aromatic rings. The van der Waals surface area contributed by atoms with E-state index in [1.807, 2.05) is 24.3 Å². The van der Waals surface area contributed by atoms with Gasteiger partial charge in [-0.15, -0.1) is 0 Å². The lowest BCUT2D eigenvalue weighted by Crippen LogP contribution is -2.02. The van der Waals surface area contributed by atoms with Gasteiger partial charge in [-0.2, -0.15) is 0 Å². The van der Waals surface area contributed by atoms with Gasteiger partial charge in [-0.3, -0.25) is 14.3 Å². The number of anilines is 1. The molecule has 2 rings (SSSR count). The van der Waals surface area contributed by atoms with Crippen LogP contribution in [-0.2, 0) is 23.1 Å². The first-order valence-electron chi connectivity index (χ1n) is 6.93. The van der Waals surface area contributed by atoms with Crippen LogP contribution in [0, 0.1) is 10.1 Å². The van der Waals surface area contributed by atoms with E-state index in [2.05, 4.69) is 5.32 Å². The minimum absolute atomic E-state index is 0.0538. The molecule has 0 aliphatic rings. The van der Waals surface area contributed by atoms with Crippen LogP contribution in [0.4, 0.5) is 11.4 Å². The van der Waals surface area contributed by atoms with Gasteiger partial charge in [0.1, 0.15) is 0 Å². The van der Waals surface area contributed by atoms with Gasteiger partial charge in [0.2, 0.25) is 0 Å². The number of rotatable bonds is 7. The van der Waals surface area contributed by atoms with Crippen molar-refractivity contribution >= 4 is 22.2 Å². The summed E-state index contributed by atoms with van der Waals surface area (Å²) < 4.78 is 16.3. The van der Waals surface area contributed by atoms with E-state index >= 15 is 0 Å². The molecule has 0 spiro atoms. The van der Waals surface area contributed by atoms with E-state index in [4.69, 9.17) is 4.74 Å². The summed E-state index contributed by atoms with van der Waals surface area (Å²) in [4.78, 5) is 10.6. The lowest BCUT2D eigenvalue weighted by molar-refractivity contribution is -0.385. The number of nitro benzene ring substituents is 1. The normalized spacial score (nSPS) is 11.7. The average Bonchev–Trinajstić information content (AvgIpc) is 2.52. The Morgan fingerprint density at radius 1 is 1.22 bits per heavy atom. The Balaban J connectivity index is 2.10. The van der Waals surface area contributed by atoms with Crippen LogP contribution in [0.2, 0.25) is 0 Å². The predicted octanol–water partition coefficient (Wildman–Crippen LogP) is 3.09. The largest absolute Gasteiger partial charge is 0.490 e. The molecule has 122 valence electrons. The number of nitrogens with zero attached hydrogens (tertiary/aromatic N) is 1. The first kappa shape index (κ1) is 17.0. The van der Waals surface area contributed by atoms with Crippen LogP contribution in [0.25, 0.3) is 0 Å². The van der Waals surface area contributed by atoms with Crippen LogP contribution in [0.3, 0.4) is 0 Å². The van der Waals surface area contributed by atoms with E-state index < -0.39 is 15.7 Å². The summed E-state index contributed by atoms with van der Waals surface area (Å²) >= 11 is 0. The zero-order chi connectivity index (χ0) is 16.8. The molecular formula is C16H18N2O4S. The third-order valence-corrected chi connectivity index (χ3v) is 3.97. The first-order valence-corrected chi connectivity index (χ1v) is 8.66. The third kappa shape index (κ3) is 4.79. The van der Waals surface area contributed by atoms with Gasteiger partial charge >= 0.3 is 5.69 Å². The molecule has 2 aromatic carbocycles. The van der Waals surface area contributed by atoms with Crippen molar-refractivity contribution in [3.63, 3.8) is 0 Å². The van der Waals surface area contributed by atoms with E-state index in [1.165, 1.54) is 13.2 Å². The monoisotopic (exact) mass is 334 g/mol. The SMILES string of the molecule is COc1ccc(CNc2cccc(C[S@@](C)=O)c2)cc1[N+](=O)[O-]. The maximum Gasteiger partial charge on any atom is 0.311 e. The molecular weight excluding hydrogens is 316 g/mol. The summed E-state index contributed by atoms with van der Waals surface area (Å²) in [7, 11) is 0.513. The average molecular weight is 334 g/mol. The topological polar surface area (TPSA) is 81.5 Å². The number of benzene rings is 2. The van der Waals surface area contributed by atoms with Gasteiger partial charge in [0, 0.05) is 41.1 Å². The summed E-state index contributed by atoms with van der Waals surface area (Å²) in [5.41, 5.74) is 2.59. The fraction of sp³-hybridized carbons (Fsp3) is 0.250. The highest BCUT2D eigenvalue weighted by Crippen LogP contribution is 2.27. The first-order chi connectivity index (χ1) is 11.0. The van der Waals surface area contributed by atoms with Crippen molar-refractivity contribution in [2.45, 2.75) is 12.3 Å². The van der Waals surface area contributed by atoms with Crippen molar-refractivity contribution < 1.29 is 13.9 Å². The molecule has 0 fully saturated rings. The van der Waals surface area contributed by atoms with Crippen molar-refractivity contribution in [3.05, 3.63) is 63.7 Å². The zero-order valence-electron chi connectivity index (χ0n) is 12.9. The lowest BCUT2D eigenvalue weighted by Gasteiger charge is -2.09. The Kier molecular flexibility index (Phi) is 5.70. The maximum atomic E-state index is 11.3. The second kappa shape index (κ2) is 7.73. The van der Waals surface area contributed by atoms with E-state index in [9.17, 15) is 14.3 Å². The molecule has 6 nitrogen and oxygen atoms in total. The van der Waals surface area contributed by atoms with Crippen LogP contribution in [0.1, 0.15) is 11.1 Å². The van der Waals surface area contributed by atoms with Crippen LogP contribution in [0.15, 0.2) is 42.5 Å². The molecule has 0 aliphatic heterocycles. The molecule has 0 aromatic heterocycles. The number of nitrogens with one attached hydrogen (secondary N) is 1. The molecule has 0 unspecified atom stereocenters. The summed E-state index contributed by atoms with van der Waals surface area (Å²) in [5.74, 6) is 0.745. The summed E-state index contributed by atoms with van der Waals surface area (Å²) in [6.07, 6.45) is 1.66. The van der Waals surface area contributed by atoms with E-state index in [0.717, 1.165) is 16.8 Å². The van der Waals surface area contributed by atoms with Gasteiger partial charge in [0.25, 0.3) is 0 Å². The summed E-state index contributed by atoms with van der Waals surface area (Å²) in [5, 5.41) is 14.2. The smallest absolute Gasteiger partial charge is 0.311 e. The highest BCUT2D eigenvalue weighted by molar-refractivity contribution is 7.83. The van der Waals surface area contributed by atoms with E-state index in [0.29, 0.717) is 12.3 Å². The fourth-order valence-electron chi connectivity index (χ4n) is 2.20. The minimum Gasteiger partial charge on any atom is -0.490 e. The van der Waals surface area contributed by atoms with Gasteiger partial charge in [-0.1, -0.05) is 18.2 Å². The standard InChI is InChI=1S/C16H18N2O4S/c1-22-16-7-6-12(9-15(16)18(19)20)10-17-14-5-3-4-13(8-14)11-23(2)21/h3-9,17H,10-11H2,1-2H3/t23-/m1/s1. The molecule has 0 radical (unpaired) electrons. The Labute approximate surface area is 137 Å². The van der Waals surface area contributed by atoms with Crippen molar-refractivity contribution in [3.8, 4) is 5.75 Å². The van der Waals surface area contributed by atoms with Crippen molar-refractivity contribution in [2.24, 2.45) is 0 Å². The van der Waals surface area contributed by atoms with Crippen LogP contribution in [0.5, 0.6) is 5.75 Å². The second-order valence-electron chi connectivity index (χ2n) is 5.03. The maximum absolute atomic E-state index is 11.3. The molecule has 0 saturated carbocycles. The highest BCUT2D eigenvalue weighted by Gasteiger charge is 2.14. The molecule has 23 heavy (non-hydrogen) atoms. The van der Waals surface area contributed by atoms with Crippen LogP contribution in [-0.4, -0.2) is 22.5 Å². The fourth-order valence-corrected chi connectivity index (χ4v) is 2.85. The van der Waals surface area contributed by atoms with Crippen molar-refractivity contribution in [1.82, 2.24) is 0 Å². The molecule has 1 N–H and O–H groups in total. The Bertz CT molecular complexity index is 734. The molecule has 0 amide bonds.